The molecular weight excluding hydrogens is 408 g/mol. The quantitative estimate of drug-likeness (QED) is 0.423. The van der Waals surface area contributed by atoms with Gasteiger partial charge >= 0.3 is 0 Å². The fourth-order valence-electron chi connectivity index (χ4n) is 3.79. The third-order valence-electron chi connectivity index (χ3n) is 5.34. The number of nitrogens with one attached hydrogen (secondary N) is 1. The van der Waals surface area contributed by atoms with Crippen LogP contribution in [-0.2, 0) is 19.2 Å². The highest BCUT2D eigenvalue weighted by Crippen LogP contribution is 2.38. The van der Waals surface area contributed by atoms with Crippen LogP contribution < -0.4 is 10.2 Å². The summed E-state index contributed by atoms with van der Waals surface area (Å²) in [5, 5.41) is 3.93. The Labute approximate surface area is 184 Å². The number of nitrogens with zero attached hydrogens (tertiary/aromatic N) is 3. The van der Waals surface area contributed by atoms with Crippen molar-refractivity contribution in [2.45, 2.75) is 17.3 Å². The molecule has 7 heteroatoms. The zero-order valence-electron chi connectivity index (χ0n) is 17.1. The lowest BCUT2D eigenvalue weighted by Crippen LogP contribution is -2.18. The number of rotatable bonds is 6. The Bertz CT molecular complexity index is 1230. The molecule has 6 nitrogen and oxygen atoms in total. The molecule has 5 rings (SSSR count). The first-order chi connectivity index (χ1) is 15.2. The van der Waals surface area contributed by atoms with E-state index in [-0.39, 0.29) is 5.91 Å². The molecule has 3 heterocycles. The highest BCUT2D eigenvalue weighted by Gasteiger charge is 2.23. The van der Waals surface area contributed by atoms with E-state index in [1.807, 2.05) is 54.2 Å². The van der Waals surface area contributed by atoms with Crippen LogP contribution >= 0.6 is 11.8 Å². The van der Waals surface area contributed by atoms with Crippen LogP contribution in [0.25, 0.3) is 0 Å². The first-order valence-electron chi connectivity index (χ1n) is 10.1. The fourth-order valence-corrected chi connectivity index (χ4v) is 4.62. The summed E-state index contributed by atoms with van der Waals surface area (Å²) in [7, 11) is 1.95. The van der Waals surface area contributed by atoms with Gasteiger partial charge in [0.05, 0.1) is 17.1 Å². The van der Waals surface area contributed by atoms with Crippen LogP contribution in [-0.4, -0.2) is 22.0 Å². The van der Waals surface area contributed by atoms with Gasteiger partial charge in [-0.2, -0.15) is 0 Å². The standard InChI is InChI=1S/C24H22N4O2S/c1-27-15-13-25-24(27)31-16-18-10-11-22(30-18)23(29)26-19-7-3-5-9-21(19)28-14-12-17-6-2-4-8-20(17)28/h2-11,13,15H,12,14,16H2,1H3,(H,26,29). The number of thioether (sulfide) groups is 1. The predicted molar refractivity (Wildman–Crippen MR) is 123 cm³/mol. The molecule has 1 aliphatic rings. The van der Waals surface area contributed by atoms with Gasteiger partial charge in [0, 0.05) is 31.7 Å². The Morgan fingerprint density at radius 2 is 1.90 bits per heavy atom. The molecule has 0 saturated carbocycles. The fraction of sp³-hybridized carbons (Fsp3) is 0.167. The van der Waals surface area contributed by atoms with Crippen LogP contribution in [0.2, 0.25) is 0 Å². The van der Waals surface area contributed by atoms with E-state index in [1.165, 1.54) is 11.3 Å². The summed E-state index contributed by atoms with van der Waals surface area (Å²) in [4.78, 5) is 19.4. The van der Waals surface area contributed by atoms with Crippen LogP contribution in [0.1, 0.15) is 21.9 Å². The molecule has 1 N–H and O–H groups in total. The van der Waals surface area contributed by atoms with E-state index in [2.05, 4.69) is 33.4 Å². The number of aryl methyl sites for hydroxylation is 1. The lowest BCUT2D eigenvalue weighted by atomic mass is 10.1. The number of anilines is 3. The normalized spacial score (nSPS) is 12.7. The van der Waals surface area contributed by atoms with E-state index in [1.54, 1.807) is 24.0 Å². The lowest BCUT2D eigenvalue weighted by molar-refractivity contribution is 0.0995. The van der Waals surface area contributed by atoms with Gasteiger partial charge < -0.3 is 19.2 Å². The molecule has 0 aliphatic carbocycles. The Morgan fingerprint density at radius 1 is 1.10 bits per heavy atom. The minimum Gasteiger partial charge on any atom is -0.455 e. The van der Waals surface area contributed by atoms with Crippen LogP contribution in [0, 0.1) is 0 Å². The highest BCUT2D eigenvalue weighted by atomic mass is 32.2. The highest BCUT2D eigenvalue weighted by molar-refractivity contribution is 7.98. The monoisotopic (exact) mass is 430 g/mol. The molecular formula is C24H22N4O2S. The van der Waals surface area contributed by atoms with E-state index in [9.17, 15) is 4.79 Å². The minimum atomic E-state index is -0.256. The molecule has 0 spiro atoms. The van der Waals surface area contributed by atoms with Gasteiger partial charge in [0.2, 0.25) is 0 Å². The summed E-state index contributed by atoms with van der Waals surface area (Å²) >= 11 is 1.57. The van der Waals surface area contributed by atoms with Crippen molar-refractivity contribution < 1.29 is 9.21 Å². The Hall–Kier alpha value is -3.45. The van der Waals surface area contributed by atoms with Gasteiger partial charge in [-0.1, -0.05) is 42.1 Å². The molecule has 31 heavy (non-hydrogen) atoms. The molecule has 156 valence electrons. The number of furan rings is 1. The van der Waals surface area contributed by atoms with Crippen molar-refractivity contribution >= 4 is 34.7 Å². The van der Waals surface area contributed by atoms with E-state index in [0.29, 0.717) is 11.5 Å². The van der Waals surface area contributed by atoms with Crippen molar-refractivity contribution in [2.75, 3.05) is 16.8 Å². The number of carbonyl (C=O) groups excluding carboxylic acids is 1. The average Bonchev–Trinajstić information content (AvgIpc) is 3.52. The van der Waals surface area contributed by atoms with Crippen LogP contribution in [0.4, 0.5) is 17.1 Å². The minimum absolute atomic E-state index is 0.256. The third kappa shape index (κ3) is 3.96. The number of para-hydroxylation sites is 3. The molecule has 4 aromatic rings. The van der Waals surface area contributed by atoms with Crippen molar-refractivity contribution in [2.24, 2.45) is 7.05 Å². The van der Waals surface area contributed by atoms with Crippen LogP contribution in [0.3, 0.4) is 0 Å². The molecule has 0 atom stereocenters. The van der Waals surface area contributed by atoms with Gasteiger partial charge in [-0.25, -0.2) is 4.98 Å². The molecule has 1 aliphatic heterocycles. The van der Waals surface area contributed by atoms with Gasteiger partial charge in [-0.05, 0) is 42.3 Å². The molecule has 1 amide bonds. The summed E-state index contributed by atoms with van der Waals surface area (Å²) < 4.78 is 7.75. The topological polar surface area (TPSA) is 63.3 Å². The summed E-state index contributed by atoms with van der Waals surface area (Å²) in [6.45, 7) is 0.890. The van der Waals surface area contributed by atoms with Gasteiger partial charge in [0.25, 0.3) is 5.91 Å². The Balaban J connectivity index is 1.31. The number of benzene rings is 2. The average molecular weight is 431 g/mol. The number of aromatic nitrogens is 2. The van der Waals surface area contributed by atoms with Crippen LogP contribution in [0.5, 0.6) is 0 Å². The van der Waals surface area contributed by atoms with Gasteiger partial charge in [-0.3, -0.25) is 4.79 Å². The molecule has 2 aromatic heterocycles. The van der Waals surface area contributed by atoms with Crippen molar-refractivity contribution in [3.05, 3.63) is 90.1 Å². The lowest BCUT2D eigenvalue weighted by Gasteiger charge is -2.22. The molecule has 0 unspecified atom stereocenters. The third-order valence-corrected chi connectivity index (χ3v) is 6.42. The van der Waals surface area contributed by atoms with Crippen molar-refractivity contribution in [3.8, 4) is 0 Å². The second-order valence-electron chi connectivity index (χ2n) is 7.38. The number of hydrogen-bond donors (Lipinski definition) is 1. The Kier molecular flexibility index (Phi) is 5.26. The zero-order valence-corrected chi connectivity index (χ0v) is 17.9. The van der Waals surface area contributed by atoms with E-state index < -0.39 is 0 Å². The van der Waals surface area contributed by atoms with Crippen molar-refractivity contribution in [1.29, 1.82) is 0 Å². The predicted octanol–water partition coefficient (Wildman–Crippen LogP) is 5.25. The van der Waals surface area contributed by atoms with Gasteiger partial charge in [0.1, 0.15) is 5.76 Å². The van der Waals surface area contributed by atoms with Crippen LogP contribution in [0.15, 0.2) is 82.6 Å². The maximum absolute atomic E-state index is 12.9. The second kappa shape index (κ2) is 8.35. The summed E-state index contributed by atoms with van der Waals surface area (Å²) in [5.41, 5.74) is 4.27. The van der Waals surface area contributed by atoms with E-state index in [4.69, 9.17) is 4.42 Å². The molecule has 2 aromatic carbocycles. The zero-order chi connectivity index (χ0) is 21.2. The number of amides is 1. The Morgan fingerprint density at radius 3 is 2.74 bits per heavy atom. The number of imidazole rings is 1. The summed E-state index contributed by atoms with van der Waals surface area (Å²) in [5.74, 6) is 1.39. The largest absolute Gasteiger partial charge is 0.455 e. The molecule has 0 saturated heterocycles. The van der Waals surface area contributed by atoms with E-state index in [0.717, 1.165) is 35.3 Å². The summed E-state index contributed by atoms with van der Waals surface area (Å²) in [6, 6.07) is 19.8. The van der Waals surface area contributed by atoms with Crippen molar-refractivity contribution in [1.82, 2.24) is 9.55 Å². The molecule has 0 radical (unpaired) electrons. The molecule has 0 bridgehead atoms. The summed E-state index contributed by atoms with van der Waals surface area (Å²) in [6.07, 6.45) is 4.66. The number of carbonyl (C=O) groups is 1. The molecule has 0 fully saturated rings. The second-order valence-corrected chi connectivity index (χ2v) is 8.32. The van der Waals surface area contributed by atoms with Crippen molar-refractivity contribution in [3.63, 3.8) is 0 Å². The first kappa shape index (κ1) is 19.5. The van der Waals surface area contributed by atoms with Gasteiger partial charge in [0.15, 0.2) is 10.9 Å². The SMILES string of the molecule is Cn1ccnc1SCc1ccc(C(=O)Nc2ccccc2N2CCc3ccccc32)o1. The van der Waals surface area contributed by atoms with E-state index >= 15 is 0 Å². The first-order valence-corrected chi connectivity index (χ1v) is 11.1. The number of hydrogen-bond acceptors (Lipinski definition) is 5. The number of fused-ring (bicyclic) bond motifs is 1. The maximum atomic E-state index is 12.9. The maximum Gasteiger partial charge on any atom is 0.291 e. The van der Waals surface area contributed by atoms with Gasteiger partial charge in [-0.15, -0.1) is 0 Å². The smallest absolute Gasteiger partial charge is 0.291 e.